The van der Waals surface area contributed by atoms with Crippen molar-refractivity contribution in [3.05, 3.63) is 173 Å². The standard InChI is InChI=1S/C17H22Cl2.C16H20Cl2.C16H20ClF.C15H18ClFO.CH4/c1-11(17(2,3)4)13-6-5-7-14(13)12-8-9-15(18)16(19)10-12;1-10(2)11(3)13-5-4-6-14(13)12-7-8-15(17)16(18)9-12;1-10(2)11(3)13-5-4-6-14(13)15-8-7-12(17)9-16(15)18;1-9(2)15(18)13-5-3-4-11(13)12-7-6-10(16)8-14(12)17;/h8-10,13-14H,1,5-7H2,2-4H3;2*7-10,13-14H,3-6H2,1-2H3;6-9,11,13H,3-5H2,1-2H3;1H4/t2*13-,14-;13-,14+;11-,13+;/m0110./s1. The summed E-state index contributed by atoms with van der Waals surface area (Å²) in [6.45, 7) is 32.2. The first-order valence-electron chi connectivity index (χ1n) is 26.7. The third-order valence-corrected chi connectivity index (χ3v) is 18.3. The van der Waals surface area contributed by atoms with Crippen LogP contribution in [-0.4, -0.2) is 5.78 Å². The molecule has 4 aromatic carbocycles. The molecule has 4 fully saturated rings. The molecular weight excluding hydrogens is 1050 g/mol. The van der Waals surface area contributed by atoms with Gasteiger partial charge >= 0.3 is 0 Å². The van der Waals surface area contributed by atoms with Gasteiger partial charge in [0.1, 0.15) is 17.4 Å². The summed E-state index contributed by atoms with van der Waals surface area (Å²) in [5.74, 6) is 3.81. The highest BCUT2D eigenvalue weighted by atomic mass is 35.5. The molecule has 4 aromatic rings. The van der Waals surface area contributed by atoms with Crippen LogP contribution < -0.4 is 0 Å². The van der Waals surface area contributed by atoms with Gasteiger partial charge in [0.05, 0.1) is 20.1 Å². The van der Waals surface area contributed by atoms with Crippen molar-refractivity contribution in [3.8, 4) is 0 Å². The Balaban J connectivity index is 0.000000213. The molecule has 0 spiro atoms. The third-order valence-electron chi connectivity index (χ3n) is 16.3. The van der Waals surface area contributed by atoms with E-state index in [0.29, 0.717) is 77.1 Å². The number of halogens is 8. The van der Waals surface area contributed by atoms with Crippen LogP contribution in [0.4, 0.5) is 8.78 Å². The molecule has 0 aromatic heterocycles. The molecule has 0 radical (unpaired) electrons. The summed E-state index contributed by atoms with van der Waals surface area (Å²) in [5.41, 5.74) is 8.25. The minimum atomic E-state index is -0.282. The lowest BCUT2D eigenvalue weighted by molar-refractivity contribution is -0.126. The molecule has 8 rings (SSSR count). The van der Waals surface area contributed by atoms with Crippen molar-refractivity contribution in [2.24, 2.45) is 46.8 Å². The topological polar surface area (TPSA) is 17.1 Å². The first-order chi connectivity index (χ1) is 34.3. The van der Waals surface area contributed by atoms with E-state index in [9.17, 15) is 13.6 Å². The molecule has 0 N–H and O–H groups in total. The van der Waals surface area contributed by atoms with Crippen LogP contribution in [0.1, 0.15) is 193 Å². The van der Waals surface area contributed by atoms with Crippen molar-refractivity contribution in [1.29, 1.82) is 0 Å². The largest absolute Gasteiger partial charge is 0.299 e. The van der Waals surface area contributed by atoms with E-state index in [2.05, 4.69) is 80.3 Å². The van der Waals surface area contributed by atoms with Crippen LogP contribution in [0.15, 0.2) is 109 Å². The quantitative estimate of drug-likeness (QED) is 0.137. The van der Waals surface area contributed by atoms with Crippen LogP contribution in [0.25, 0.3) is 0 Å². The van der Waals surface area contributed by atoms with Crippen molar-refractivity contribution in [1.82, 2.24) is 0 Å². The number of rotatable bonds is 11. The van der Waals surface area contributed by atoms with Crippen LogP contribution in [-0.2, 0) is 4.79 Å². The number of hydrogen-bond donors (Lipinski definition) is 0. The number of ketones is 1. The Bertz CT molecular complexity index is 2450. The zero-order valence-electron chi connectivity index (χ0n) is 44.8. The lowest BCUT2D eigenvalue weighted by atomic mass is 9.74. The van der Waals surface area contributed by atoms with E-state index < -0.39 is 0 Å². The number of Topliss-reactive ketones (excluding diaryl/α,β-unsaturated/α-hetero) is 1. The fraction of sp³-hybridized carbons (Fsp3) is 0.523. The number of hydrogen-bond acceptors (Lipinski definition) is 1. The highest BCUT2D eigenvalue weighted by molar-refractivity contribution is 6.42. The van der Waals surface area contributed by atoms with Crippen LogP contribution in [0.2, 0.25) is 30.1 Å². The molecule has 9 heteroatoms. The molecule has 0 heterocycles. The predicted octanol–water partition coefficient (Wildman–Crippen LogP) is 23.4. The second-order valence-corrected chi connectivity index (χ2v) is 25.5. The van der Waals surface area contributed by atoms with E-state index in [1.807, 2.05) is 44.2 Å². The number of carbonyl (C=O) groups excluding carboxylic acids is 1. The second-order valence-electron chi connectivity index (χ2n) is 23.0. The molecule has 74 heavy (non-hydrogen) atoms. The summed E-state index contributed by atoms with van der Waals surface area (Å²) >= 11 is 35.9. The molecular formula is C65H84Cl6F2O. The van der Waals surface area contributed by atoms with E-state index in [0.717, 1.165) is 44.1 Å². The predicted molar refractivity (Wildman–Crippen MR) is 319 cm³/mol. The van der Waals surface area contributed by atoms with Crippen LogP contribution in [0.5, 0.6) is 0 Å². The monoisotopic (exact) mass is 1130 g/mol. The van der Waals surface area contributed by atoms with Crippen molar-refractivity contribution >= 4 is 75.4 Å². The van der Waals surface area contributed by atoms with Crippen molar-refractivity contribution in [2.75, 3.05) is 0 Å². The minimum Gasteiger partial charge on any atom is -0.299 e. The summed E-state index contributed by atoms with van der Waals surface area (Å²) in [5, 5.41) is 3.46. The number of allylic oxidation sites excluding steroid dienone is 3. The van der Waals surface area contributed by atoms with Crippen LogP contribution in [0, 0.1) is 58.5 Å². The zero-order chi connectivity index (χ0) is 54.1. The van der Waals surface area contributed by atoms with Gasteiger partial charge in [-0.2, -0.15) is 0 Å². The first-order valence-corrected chi connectivity index (χ1v) is 29.0. The van der Waals surface area contributed by atoms with Crippen molar-refractivity contribution in [2.45, 2.75) is 170 Å². The molecule has 4 aliphatic rings. The Labute approximate surface area is 476 Å². The SMILES string of the molecule is C.C=C(C(C)C)[C@H]1CCC[C@@H]1c1ccc(Cl)c(Cl)c1.C=C(C(C)C)[C@H]1CCC[C@@H]1c1ccc(Cl)cc1F.C=C([C@@H]1CCC[C@H]1c1ccc(Cl)c(Cl)c1)C(C)(C)C.CC(C)C(=O)[C@@H]1CCC[C@H]1c1ccc(Cl)cc1F. The van der Waals surface area contributed by atoms with Gasteiger partial charge in [-0.1, -0.05) is 226 Å². The van der Waals surface area contributed by atoms with E-state index in [1.165, 1.54) is 78.5 Å². The smallest absolute Gasteiger partial charge is 0.139 e. The zero-order valence-corrected chi connectivity index (χ0v) is 49.4. The molecule has 406 valence electrons. The molecule has 1 nitrogen and oxygen atoms in total. The van der Waals surface area contributed by atoms with Crippen LogP contribution in [0.3, 0.4) is 0 Å². The average Bonchev–Trinajstić information content (AvgIpc) is 4.18. The van der Waals surface area contributed by atoms with Gasteiger partial charge in [0.25, 0.3) is 0 Å². The molecule has 4 saturated carbocycles. The summed E-state index contributed by atoms with van der Waals surface area (Å²) < 4.78 is 28.0. The maximum atomic E-state index is 14.0. The molecule has 0 saturated heterocycles. The molecule has 0 amide bonds. The molecule has 8 atom stereocenters. The van der Waals surface area contributed by atoms with Gasteiger partial charge in [-0.25, -0.2) is 8.78 Å². The van der Waals surface area contributed by atoms with E-state index in [4.69, 9.17) is 69.6 Å². The summed E-state index contributed by atoms with van der Waals surface area (Å²) in [4.78, 5) is 12.2. The summed E-state index contributed by atoms with van der Waals surface area (Å²) in [6.07, 6.45) is 13.6. The third kappa shape index (κ3) is 16.7. The molecule has 0 bridgehead atoms. The van der Waals surface area contributed by atoms with Gasteiger partial charge in [0.15, 0.2) is 0 Å². The Morgan fingerprint density at radius 2 is 0.824 bits per heavy atom. The summed E-state index contributed by atoms with van der Waals surface area (Å²) in [6, 6.07) is 21.9. The Morgan fingerprint density at radius 1 is 0.473 bits per heavy atom. The molecule has 0 unspecified atom stereocenters. The van der Waals surface area contributed by atoms with Gasteiger partial charge < -0.3 is 0 Å². The van der Waals surface area contributed by atoms with E-state index in [-0.39, 0.29) is 53.9 Å². The Hall–Kier alpha value is -2.63. The fourth-order valence-corrected chi connectivity index (χ4v) is 12.9. The maximum absolute atomic E-state index is 14.0. The van der Waals surface area contributed by atoms with Crippen molar-refractivity contribution in [3.63, 3.8) is 0 Å². The lowest BCUT2D eigenvalue weighted by Gasteiger charge is -2.31. The Morgan fingerprint density at radius 3 is 1.19 bits per heavy atom. The van der Waals surface area contributed by atoms with Gasteiger partial charge in [-0.3, -0.25) is 4.79 Å². The molecule has 0 aliphatic heterocycles. The Kier molecular flexibility index (Phi) is 24.9. The highest BCUT2D eigenvalue weighted by Gasteiger charge is 2.38. The number of benzene rings is 4. The first kappa shape index (κ1) is 63.9. The average molecular weight is 1130 g/mol. The van der Waals surface area contributed by atoms with Crippen molar-refractivity contribution < 1.29 is 13.6 Å². The van der Waals surface area contributed by atoms with Gasteiger partial charge in [0.2, 0.25) is 0 Å². The molecule has 4 aliphatic carbocycles. The lowest BCUT2D eigenvalue weighted by Crippen LogP contribution is -2.22. The van der Waals surface area contributed by atoms with E-state index >= 15 is 0 Å². The normalized spacial score (nSPS) is 23.3. The van der Waals surface area contributed by atoms with E-state index in [1.54, 1.807) is 18.2 Å². The summed E-state index contributed by atoms with van der Waals surface area (Å²) in [7, 11) is 0. The second kappa shape index (κ2) is 28.8. The maximum Gasteiger partial charge on any atom is 0.139 e. The number of carbonyl (C=O) groups is 1. The van der Waals surface area contributed by atoms with Crippen LogP contribution >= 0.6 is 69.6 Å². The fourth-order valence-electron chi connectivity index (χ4n) is 12.0. The van der Waals surface area contributed by atoms with Gasteiger partial charge in [0, 0.05) is 21.9 Å². The minimum absolute atomic E-state index is 0. The van der Waals surface area contributed by atoms with Gasteiger partial charge in [-0.05, 0) is 181 Å². The van der Waals surface area contributed by atoms with Gasteiger partial charge in [-0.15, -0.1) is 0 Å². The highest BCUT2D eigenvalue weighted by Crippen LogP contribution is 2.50.